The summed E-state index contributed by atoms with van der Waals surface area (Å²) in [4.78, 5) is 11.3. The largest absolute Gasteiger partial charge is 0.491 e. The monoisotopic (exact) mass is 472 g/mol. The van der Waals surface area contributed by atoms with Gasteiger partial charge in [0.1, 0.15) is 18.5 Å². The van der Waals surface area contributed by atoms with Crippen LogP contribution >= 0.6 is 0 Å². The lowest BCUT2D eigenvalue weighted by Crippen LogP contribution is -2.26. The molecule has 3 aromatic carbocycles. The van der Waals surface area contributed by atoms with Gasteiger partial charge in [-0.2, -0.15) is 0 Å². The Morgan fingerprint density at radius 2 is 1.49 bits per heavy atom. The first-order valence-electron chi connectivity index (χ1n) is 12.0. The van der Waals surface area contributed by atoms with Crippen molar-refractivity contribution in [2.24, 2.45) is 0 Å². The predicted octanol–water partition coefficient (Wildman–Crippen LogP) is 6.00. The molecule has 0 heterocycles. The van der Waals surface area contributed by atoms with Crippen molar-refractivity contribution in [3.63, 3.8) is 0 Å². The molecule has 0 aliphatic heterocycles. The van der Waals surface area contributed by atoms with Gasteiger partial charge < -0.3 is 19.3 Å². The quantitative estimate of drug-likeness (QED) is 0.367. The zero-order valence-corrected chi connectivity index (χ0v) is 20.5. The Morgan fingerprint density at radius 1 is 0.886 bits per heavy atom. The van der Waals surface area contributed by atoms with Crippen LogP contribution in [0.4, 0.5) is 0 Å². The molecule has 3 aromatic rings. The van der Waals surface area contributed by atoms with Gasteiger partial charge in [-0.25, -0.2) is 4.79 Å². The third-order valence-electron chi connectivity index (χ3n) is 6.12. The second-order valence-corrected chi connectivity index (χ2v) is 8.83. The molecule has 35 heavy (non-hydrogen) atoms. The van der Waals surface area contributed by atoms with Crippen molar-refractivity contribution in [1.29, 1.82) is 0 Å². The average molecular weight is 473 g/mol. The van der Waals surface area contributed by atoms with Crippen LogP contribution in [0, 0.1) is 13.8 Å². The summed E-state index contributed by atoms with van der Waals surface area (Å²) in [6.07, 6.45) is 3.65. The van der Waals surface area contributed by atoms with Crippen LogP contribution in [-0.2, 0) is 20.7 Å². The molecule has 0 fully saturated rings. The standard InChI is InChI=1S/C30H32O5/c1-4-33-28(30(31)32)19-22-7-11-25(12-8-22)34-15-16-35-29-26-13-5-20(2)17-23(26)9-10-24-18-21(3)6-14-27(24)29/h5-14,17-18,28-29H,4,15-16,19H2,1-3H3,(H,31,32). The van der Waals surface area contributed by atoms with Gasteiger partial charge in [0.2, 0.25) is 0 Å². The molecule has 5 heteroatoms. The van der Waals surface area contributed by atoms with Gasteiger partial charge in [-0.05, 0) is 60.7 Å². The van der Waals surface area contributed by atoms with Gasteiger partial charge in [0.25, 0.3) is 0 Å². The maximum Gasteiger partial charge on any atom is 0.333 e. The summed E-state index contributed by atoms with van der Waals surface area (Å²) in [7, 11) is 0. The number of hydrogen-bond donors (Lipinski definition) is 1. The Kier molecular flexibility index (Phi) is 8.01. The Labute approximate surface area is 207 Å². The normalized spacial score (nSPS) is 13.6. The molecule has 0 saturated heterocycles. The first kappa shape index (κ1) is 24.7. The third kappa shape index (κ3) is 6.18. The Bertz CT molecular complexity index is 1140. The van der Waals surface area contributed by atoms with Gasteiger partial charge in [0.05, 0.1) is 6.61 Å². The number of rotatable bonds is 10. The summed E-state index contributed by atoms with van der Waals surface area (Å²) in [5.41, 5.74) is 7.98. The van der Waals surface area contributed by atoms with E-state index in [2.05, 4.69) is 62.4 Å². The van der Waals surface area contributed by atoms with Crippen molar-refractivity contribution < 1.29 is 24.1 Å². The molecule has 1 unspecified atom stereocenters. The Hall–Kier alpha value is -3.41. The van der Waals surface area contributed by atoms with E-state index in [-0.39, 0.29) is 6.10 Å². The number of benzene rings is 3. The minimum Gasteiger partial charge on any atom is -0.491 e. The molecule has 1 aliphatic rings. The van der Waals surface area contributed by atoms with Crippen molar-refractivity contribution in [3.8, 4) is 5.75 Å². The predicted molar refractivity (Wildman–Crippen MR) is 138 cm³/mol. The molecular weight excluding hydrogens is 440 g/mol. The fourth-order valence-electron chi connectivity index (χ4n) is 4.36. The molecule has 5 nitrogen and oxygen atoms in total. The molecule has 1 atom stereocenters. The highest BCUT2D eigenvalue weighted by Crippen LogP contribution is 2.36. The van der Waals surface area contributed by atoms with Crippen LogP contribution in [0.15, 0.2) is 60.7 Å². The molecular formula is C30H32O5. The molecule has 182 valence electrons. The number of carboxylic acids is 1. The highest BCUT2D eigenvalue weighted by atomic mass is 16.5. The highest BCUT2D eigenvalue weighted by Gasteiger charge is 2.22. The number of hydrogen-bond acceptors (Lipinski definition) is 4. The number of aliphatic carboxylic acids is 1. The Balaban J connectivity index is 1.40. The van der Waals surface area contributed by atoms with Crippen LogP contribution < -0.4 is 4.74 Å². The molecule has 0 spiro atoms. The van der Waals surface area contributed by atoms with Gasteiger partial charge in [-0.1, -0.05) is 71.8 Å². The summed E-state index contributed by atoms with van der Waals surface area (Å²) < 4.78 is 17.6. The Morgan fingerprint density at radius 3 is 2.03 bits per heavy atom. The maximum atomic E-state index is 11.3. The fraction of sp³-hybridized carbons (Fsp3) is 0.300. The molecule has 0 aromatic heterocycles. The van der Waals surface area contributed by atoms with Crippen molar-refractivity contribution in [1.82, 2.24) is 0 Å². The van der Waals surface area contributed by atoms with Crippen molar-refractivity contribution in [3.05, 3.63) is 99.6 Å². The van der Waals surface area contributed by atoms with E-state index in [4.69, 9.17) is 14.2 Å². The second kappa shape index (κ2) is 11.3. The molecule has 0 amide bonds. The highest BCUT2D eigenvalue weighted by molar-refractivity contribution is 5.76. The van der Waals surface area contributed by atoms with Crippen LogP contribution in [-0.4, -0.2) is 37.0 Å². The average Bonchev–Trinajstić information content (AvgIpc) is 2.98. The first-order chi connectivity index (χ1) is 16.9. The van der Waals surface area contributed by atoms with Gasteiger partial charge >= 0.3 is 5.97 Å². The smallest absolute Gasteiger partial charge is 0.333 e. The lowest BCUT2D eigenvalue weighted by molar-refractivity contribution is -0.149. The van der Waals surface area contributed by atoms with Crippen molar-refractivity contribution in [2.75, 3.05) is 19.8 Å². The summed E-state index contributed by atoms with van der Waals surface area (Å²) in [5, 5.41) is 9.27. The van der Waals surface area contributed by atoms with E-state index in [1.807, 2.05) is 24.3 Å². The van der Waals surface area contributed by atoms with Gasteiger partial charge in [0, 0.05) is 13.0 Å². The molecule has 1 aliphatic carbocycles. The molecule has 4 rings (SSSR count). The van der Waals surface area contributed by atoms with E-state index in [1.165, 1.54) is 22.3 Å². The van der Waals surface area contributed by atoms with Gasteiger partial charge in [-0.3, -0.25) is 0 Å². The van der Waals surface area contributed by atoms with Gasteiger partial charge in [0.15, 0.2) is 6.10 Å². The summed E-state index contributed by atoms with van der Waals surface area (Å²) in [6.45, 7) is 7.19. The minimum absolute atomic E-state index is 0.173. The van der Waals surface area contributed by atoms with Crippen LogP contribution in [0.1, 0.15) is 52.0 Å². The van der Waals surface area contributed by atoms with E-state index in [1.54, 1.807) is 6.92 Å². The van der Waals surface area contributed by atoms with Crippen LogP contribution in [0.25, 0.3) is 12.2 Å². The number of carbonyl (C=O) groups is 1. The van der Waals surface area contributed by atoms with E-state index >= 15 is 0 Å². The molecule has 0 saturated carbocycles. The molecule has 0 bridgehead atoms. The number of aryl methyl sites for hydroxylation is 2. The van der Waals surface area contributed by atoms with Crippen molar-refractivity contribution in [2.45, 2.75) is 39.4 Å². The lowest BCUT2D eigenvalue weighted by atomic mass is 9.94. The number of ether oxygens (including phenoxy) is 3. The lowest BCUT2D eigenvalue weighted by Gasteiger charge is -2.22. The van der Waals surface area contributed by atoms with E-state index in [0.717, 1.165) is 22.4 Å². The van der Waals surface area contributed by atoms with Crippen LogP contribution in [0.2, 0.25) is 0 Å². The second-order valence-electron chi connectivity index (χ2n) is 8.83. The number of carboxylic acid groups (broad SMARTS) is 1. The van der Waals surface area contributed by atoms with E-state index in [9.17, 15) is 9.90 Å². The van der Waals surface area contributed by atoms with Crippen molar-refractivity contribution >= 4 is 18.1 Å². The zero-order chi connectivity index (χ0) is 24.8. The minimum atomic E-state index is -0.952. The summed E-state index contributed by atoms with van der Waals surface area (Å²) >= 11 is 0. The SMILES string of the molecule is CCOC(Cc1ccc(OCCOC2c3ccc(C)cc3C=Cc3cc(C)ccc32)cc1)C(=O)O. The number of fused-ring (bicyclic) bond motifs is 2. The summed E-state index contributed by atoms with van der Waals surface area (Å²) in [5.74, 6) is -0.235. The van der Waals surface area contributed by atoms with Gasteiger partial charge in [-0.15, -0.1) is 0 Å². The summed E-state index contributed by atoms with van der Waals surface area (Å²) in [6, 6.07) is 20.4. The maximum absolute atomic E-state index is 11.3. The van der Waals surface area contributed by atoms with Crippen LogP contribution in [0.3, 0.4) is 0 Å². The molecule has 1 N–H and O–H groups in total. The first-order valence-corrected chi connectivity index (χ1v) is 12.0. The third-order valence-corrected chi connectivity index (χ3v) is 6.12. The van der Waals surface area contributed by atoms with E-state index in [0.29, 0.717) is 26.2 Å². The van der Waals surface area contributed by atoms with E-state index < -0.39 is 12.1 Å². The topological polar surface area (TPSA) is 65.0 Å². The van der Waals surface area contributed by atoms with Crippen LogP contribution in [0.5, 0.6) is 5.75 Å². The zero-order valence-electron chi connectivity index (χ0n) is 20.5. The molecule has 0 radical (unpaired) electrons. The fourth-order valence-corrected chi connectivity index (χ4v) is 4.36.